The molecule has 5 heteroatoms. The number of carboxylic acid groups (broad SMARTS) is 1. The zero-order valence-corrected chi connectivity index (χ0v) is 7.46. The highest BCUT2D eigenvalue weighted by molar-refractivity contribution is 5.67. The second-order valence-corrected chi connectivity index (χ2v) is 2.68. The molecule has 1 N–H and O–H groups in total. The van der Waals surface area contributed by atoms with Gasteiger partial charge in [0.05, 0.1) is 23.9 Å². The number of nitrogens with zero attached hydrogens (tertiary/aromatic N) is 2. The van der Waals surface area contributed by atoms with Crippen molar-refractivity contribution in [1.82, 2.24) is 0 Å². The first-order valence-corrected chi connectivity index (χ1v) is 4.11. The molecule has 0 atom stereocenters. The van der Waals surface area contributed by atoms with Gasteiger partial charge in [0, 0.05) is 0 Å². The van der Waals surface area contributed by atoms with Crippen LogP contribution in [-0.4, -0.2) is 17.6 Å². The lowest BCUT2D eigenvalue weighted by Gasteiger charge is -2.13. The van der Waals surface area contributed by atoms with Crippen molar-refractivity contribution in [1.29, 1.82) is 0 Å². The number of nitroso groups, excluding NO2 is 1. The van der Waals surface area contributed by atoms with E-state index < -0.39 is 5.97 Å². The summed E-state index contributed by atoms with van der Waals surface area (Å²) < 4.78 is 0. The highest BCUT2D eigenvalue weighted by Gasteiger charge is 2.07. The second kappa shape index (κ2) is 4.96. The quantitative estimate of drug-likeness (QED) is 0.571. The van der Waals surface area contributed by atoms with Gasteiger partial charge in [-0.25, -0.2) is 5.01 Å². The Labute approximate surface area is 80.9 Å². The molecule has 1 aromatic carbocycles. The van der Waals surface area contributed by atoms with E-state index in [4.69, 9.17) is 5.11 Å². The van der Waals surface area contributed by atoms with Crippen molar-refractivity contribution in [2.45, 2.75) is 6.42 Å². The molecular weight excluding hydrogens is 184 g/mol. The van der Waals surface area contributed by atoms with E-state index in [0.29, 0.717) is 5.69 Å². The maximum absolute atomic E-state index is 10.4. The monoisotopic (exact) mass is 194 g/mol. The zero-order chi connectivity index (χ0) is 10.4. The van der Waals surface area contributed by atoms with Crippen LogP contribution in [0.3, 0.4) is 0 Å². The second-order valence-electron chi connectivity index (χ2n) is 2.68. The van der Waals surface area contributed by atoms with Gasteiger partial charge in [0.25, 0.3) is 0 Å². The van der Waals surface area contributed by atoms with Crippen LogP contribution in [0.5, 0.6) is 0 Å². The molecular formula is C9H10N2O3. The largest absolute Gasteiger partial charge is 0.481 e. The van der Waals surface area contributed by atoms with E-state index in [1.807, 2.05) is 6.07 Å². The van der Waals surface area contributed by atoms with Gasteiger partial charge < -0.3 is 5.11 Å². The van der Waals surface area contributed by atoms with Gasteiger partial charge in [-0.2, -0.15) is 0 Å². The molecule has 0 aliphatic heterocycles. The van der Waals surface area contributed by atoms with Gasteiger partial charge in [-0.15, -0.1) is 4.91 Å². The van der Waals surface area contributed by atoms with Crippen LogP contribution in [0.1, 0.15) is 6.42 Å². The summed E-state index contributed by atoms with van der Waals surface area (Å²) in [5.41, 5.74) is 0.601. The Balaban J connectivity index is 2.63. The summed E-state index contributed by atoms with van der Waals surface area (Å²) in [6.45, 7) is 0.0862. The summed E-state index contributed by atoms with van der Waals surface area (Å²) >= 11 is 0. The smallest absolute Gasteiger partial charge is 0.305 e. The molecule has 0 saturated carbocycles. The predicted molar refractivity (Wildman–Crippen MR) is 51.8 cm³/mol. The molecule has 1 aromatic rings. The predicted octanol–water partition coefficient (Wildman–Crippen LogP) is 1.65. The van der Waals surface area contributed by atoms with E-state index >= 15 is 0 Å². The molecule has 5 nitrogen and oxygen atoms in total. The van der Waals surface area contributed by atoms with Crippen LogP contribution in [0.2, 0.25) is 0 Å². The van der Waals surface area contributed by atoms with Gasteiger partial charge in [-0.3, -0.25) is 4.79 Å². The molecule has 0 spiro atoms. The van der Waals surface area contributed by atoms with Crippen molar-refractivity contribution in [3.63, 3.8) is 0 Å². The minimum absolute atomic E-state index is 0.0862. The number of para-hydroxylation sites is 1. The maximum Gasteiger partial charge on any atom is 0.305 e. The molecule has 0 fully saturated rings. The highest BCUT2D eigenvalue weighted by atomic mass is 16.4. The SMILES string of the molecule is O=NN(CCC(=O)O)c1ccccc1. The van der Waals surface area contributed by atoms with Gasteiger partial charge in [0.2, 0.25) is 0 Å². The van der Waals surface area contributed by atoms with Crippen LogP contribution in [0, 0.1) is 4.91 Å². The summed E-state index contributed by atoms with van der Waals surface area (Å²) in [5.74, 6) is -0.949. The van der Waals surface area contributed by atoms with Crippen LogP contribution in [0.25, 0.3) is 0 Å². The molecule has 1 rings (SSSR count). The first-order chi connectivity index (χ1) is 6.74. The van der Waals surface area contributed by atoms with Crippen molar-refractivity contribution in [2.75, 3.05) is 11.6 Å². The normalized spacial score (nSPS) is 9.43. The van der Waals surface area contributed by atoms with Crippen molar-refractivity contribution in [3.8, 4) is 0 Å². The molecule has 0 unspecified atom stereocenters. The summed E-state index contributed by atoms with van der Waals surface area (Å²) in [6, 6.07) is 8.72. The molecule has 74 valence electrons. The Morgan fingerprint density at radius 1 is 1.36 bits per heavy atom. The fourth-order valence-corrected chi connectivity index (χ4v) is 1.02. The number of carbonyl (C=O) groups is 1. The number of aliphatic carboxylic acids is 1. The maximum atomic E-state index is 10.4. The Morgan fingerprint density at radius 2 is 2.00 bits per heavy atom. The van der Waals surface area contributed by atoms with Crippen molar-refractivity contribution in [3.05, 3.63) is 35.2 Å². The fraction of sp³-hybridized carbons (Fsp3) is 0.222. The van der Waals surface area contributed by atoms with Crippen molar-refractivity contribution >= 4 is 11.7 Å². The highest BCUT2D eigenvalue weighted by Crippen LogP contribution is 2.13. The lowest BCUT2D eigenvalue weighted by molar-refractivity contribution is -0.136. The van der Waals surface area contributed by atoms with E-state index in [0.717, 1.165) is 5.01 Å². The molecule has 14 heavy (non-hydrogen) atoms. The number of anilines is 1. The van der Waals surface area contributed by atoms with E-state index in [-0.39, 0.29) is 13.0 Å². The van der Waals surface area contributed by atoms with Gasteiger partial charge in [0.1, 0.15) is 0 Å². The molecule has 0 amide bonds. The van der Waals surface area contributed by atoms with E-state index in [1.54, 1.807) is 24.3 Å². The van der Waals surface area contributed by atoms with Crippen LogP contribution in [-0.2, 0) is 4.79 Å². The number of rotatable bonds is 5. The van der Waals surface area contributed by atoms with E-state index in [9.17, 15) is 9.70 Å². The average molecular weight is 194 g/mol. The Kier molecular flexibility index (Phi) is 3.60. The number of carboxylic acids is 1. The van der Waals surface area contributed by atoms with Gasteiger partial charge in [-0.1, -0.05) is 18.2 Å². The lowest BCUT2D eigenvalue weighted by atomic mass is 10.3. The Hall–Kier alpha value is -1.91. The Morgan fingerprint density at radius 3 is 2.50 bits per heavy atom. The third-order valence-electron chi connectivity index (χ3n) is 1.69. The molecule has 0 bridgehead atoms. The van der Waals surface area contributed by atoms with E-state index in [2.05, 4.69) is 5.29 Å². The zero-order valence-electron chi connectivity index (χ0n) is 7.46. The summed E-state index contributed by atoms with van der Waals surface area (Å²) in [7, 11) is 0. The fourth-order valence-electron chi connectivity index (χ4n) is 1.02. The molecule has 0 aliphatic rings. The summed E-state index contributed by atoms with van der Waals surface area (Å²) in [4.78, 5) is 20.7. The van der Waals surface area contributed by atoms with Crippen molar-refractivity contribution < 1.29 is 9.90 Å². The lowest BCUT2D eigenvalue weighted by Crippen LogP contribution is -2.19. The van der Waals surface area contributed by atoms with Crippen molar-refractivity contribution in [2.24, 2.45) is 5.29 Å². The van der Waals surface area contributed by atoms with E-state index in [1.165, 1.54) is 0 Å². The number of hydrogen-bond donors (Lipinski definition) is 1. The first-order valence-electron chi connectivity index (χ1n) is 4.11. The minimum atomic E-state index is -0.949. The number of hydrogen-bond acceptors (Lipinski definition) is 3. The topological polar surface area (TPSA) is 70.0 Å². The third kappa shape index (κ3) is 2.85. The Bertz CT molecular complexity index is 313. The van der Waals surface area contributed by atoms with Crippen LogP contribution in [0.15, 0.2) is 35.6 Å². The average Bonchev–Trinajstić information content (AvgIpc) is 2.20. The molecule has 0 heterocycles. The van der Waals surface area contributed by atoms with Gasteiger partial charge >= 0.3 is 5.97 Å². The molecule has 0 aliphatic carbocycles. The summed E-state index contributed by atoms with van der Waals surface area (Å²) in [6.07, 6.45) is -0.110. The summed E-state index contributed by atoms with van der Waals surface area (Å²) in [5, 5.41) is 12.3. The van der Waals surface area contributed by atoms with Crippen LogP contribution >= 0.6 is 0 Å². The third-order valence-corrected chi connectivity index (χ3v) is 1.69. The molecule has 0 radical (unpaired) electrons. The number of benzene rings is 1. The van der Waals surface area contributed by atoms with Crippen LogP contribution in [0.4, 0.5) is 5.69 Å². The molecule has 0 saturated heterocycles. The first kappa shape index (κ1) is 10.2. The standard InChI is InChI=1S/C9H10N2O3/c12-9(13)6-7-11(10-14)8-4-2-1-3-5-8/h1-5H,6-7H2,(H,12,13). The minimum Gasteiger partial charge on any atom is -0.481 e. The molecule has 0 aromatic heterocycles. The van der Waals surface area contributed by atoms with Gasteiger partial charge in [-0.05, 0) is 12.1 Å². The van der Waals surface area contributed by atoms with Crippen LogP contribution < -0.4 is 5.01 Å². The van der Waals surface area contributed by atoms with Gasteiger partial charge in [0.15, 0.2) is 0 Å².